The third-order valence-corrected chi connectivity index (χ3v) is 4.22. The van der Waals surface area contributed by atoms with Crippen molar-refractivity contribution in [2.75, 3.05) is 13.7 Å². The molecule has 3 heteroatoms. The number of halogens is 1. The van der Waals surface area contributed by atoms with Crippen LogP contribution < -0.4 is 10.5 Å². The van der Waals surface area contributed by atoms with Crippen LogP contribution in [-0.2, 0) is 5.41 Å². The molecule has 0 heterocycles. The van der Waals surface area contributed by atoms with Crippen LogP contribution >= 0.6 is 0 Å². The Kier molecular flexibility index (Phi) is 3.91. The summed E-state index contributed by atoms with van der Waals surface area (Å²) in [5.74, 6) is 0.616. The third-order valence-electron chi connectivity index (χ3n) is 4.22. The zero-order chi connectivity index (χ0) is 13.2. The Bertz CT molecular complexity index is 425. The van der Waals surface area contributed by atoms with Gasteiger partial charge in [-0.25, -0.2) is 4.39 Å². The van der Waals surface area contributed by atoms with Gasteiger partial charge in [0.15, 0.2) is 0 Å². The SMILES string of the molecule is COc1c(C)cc(F)cc1C1(CN)CCCCC1. The predicted octanol–water partition coefficient (Wildman–Crippen LogP) is 3.30. The van der Waals surface area contributed by atoms with Crippen molar-refractivity contribution in [3.8, 4) is 5.75 Å². The summed E-state index contributed by atoms with van der Waals surface area (Å²) in [5, 5.41) is 0. The maximum atomic E-state index is 13.7. The second-order valence-electron chi connectivity index (χ2n) is 5.35. The van der Waals surface area contributed by atoms with E-state index in [1.54, 1.807) is 13.2 Å². The summed E-state index contributed by atoms with van der Waals surface area (Å²) in [4.78, 5) is 0. The molecule has 0 saturated heterocycles. The molecule has 0 amide bonds. The molecule has 100 valence electrons. The van der Waals surface area contributed by atoms with E-state index >= 15 is 0 Å². The molecule has 0 spiro atoms. The monoisotopic (exact) mass is 251 g/mol. The standard InChI is InChI=1S/C15H22FNO/c1-11-8-12(16)9-13(14(11)18-2)15(10-17)6-4-3-5-7-15/h8-9H,3-7,10,17H2,1-2H3. The van der Waals surface area contributed by atoms with Crippen LogP contribution in [0.4, 0.5) is 4.39 Å². The first-order chi connectivity index (χ1) is 8.63. The zero-order valence-electron chi connectivity index (χ0n) is 11.3. The molecule has 1 aromatic carbocycles. The molecule has 2 N–H and O–H groups in total. The Hall–Kier alpha value is -1.09. The van der Waals surface area contributed by atoms with Gasteiger partial charge in [0, 0.05) is 17.5 Å². The Morgan fingerprint density at radius 3 is 2.50 bits per heavy atom. The maximum Gasteiger partial charge on any atom is 0.125 e. The first-order valence-corrected chi connectivity index (χ1v) is 6.67. The molecule has 18 heavy (non-hydrogen) atoms. The van der Waals surface area contributed by atoms with Gasteiger partial charge in [-0.1, -0.05) is 19.3 Å². The third kappa shape index (κ3) is 2.24. The smallest absolute Gasteiger partial charge is 0.125 e. The summed E-state index contributed by atoms with van der Waals surface area (Å²) in [6.45, 7) is 2.45. The van der Waals surface area contributed by atoms with Crippen LogP contribution in [0.5, 0.6) is 5.75 Å². The molecule has 1 aromatic rings. The van der Waals surface area contributed by atoms with Gasteiger partial charge in [0.05, 0.1) is 7.11 Å². The Morgan fingerprint density at radius 2 is 1.94 bits per heavy atom. The quantitative estimate of drug-likeness (QED) is 0.894. The van der Waals surface area contributed by atoms with E-state index in [0.29, 0.717) is 6.54 Å². The predicted molar refractivity (Wildman–Crippen MR) is 71.5 cm³/mol. The number of benzene rings is 1. The molecule has 0 aromatic heterocycles. The van der Waals surface area contributed by atoms with Gasteiger partial charge >= 0.3 is 0 Å². The summed E-state index contributed by atoms with van der Waals surface area (Å²) in [6, 6.07) is 3.14. The van der Waals surface area contributed by atoms with Gasteiger partial charge < -0.3 is 10.5 Å². The second kappa shape index (κ2) is 5.27. The minimum absolute atomic E-state index is 0.101. The molecule has 1 aliphatic carbocycles. The number of hydrogen-bond acceptors (Lipinski definition) is 2. The minimum Gasteiger partial charge on any atom is -0.496 e. The largest absolute Gasteiger partial charge is 0.496 e. The number of aryl methyl sites for hydroxylation is 1. The topological polar surface area (TPSA) is 35.2 Å². The highest BCUT2D eigenvalue weighted by atomic mass is 19.1. The molecule has 2 rings (SSSR count). The van der Waals surface area contributed by atoms with Crippen molar-refractivity contribution in [3.05, 3.63) is 29.1 Å². The highest BCUT2D eigenvalue weighted by Gasteiger charge is 2.35. The molecule has 2 nitrogen and oxygen atoms in total. The van der Waals surface area contributed by atoms with E-state index in [9.17, 15) is 4.39 Å². The van der Waals surface area contributed by atoms with Crippen LogP contribution in [0.25, 0.3) is 0 Å². The van der Waals surface area contributed by atoms with Gasteiger partial charge in [0.2, 0.25) is 0 Å². The van der Waals surface area contributed by atoms with Crippen LogP contribution in [0.1, 0.15) is 43.2 Å². The van der Waals surface area contributed by atoms with Crippen molar-refractivity contribution < 1.29 is 9.13 Å². The second-order valence-corrected chi connectivity index (χ2v) is 5.35. The number of hydrogen-bond donors (Lipinski definition) is 1. The number of methoxy groups -OCH3 is 1. The molecule has 0 radical (unpaired) electrons. The van der Waals surface area contributed by atoms with Crippen molar-refractivity contribution in [2.45, 2.75) is 44.4 Å². The summed E-state index contributed by atoms with van der Waals surface area (Å²) in [7, 11) is 1.65. The first-order valence-electron chi connectivity index (χ1n) is 6.67. The van der Waals surface area contributed by atoms with Gasteiger partial charge in [-0.05, 0) is 37.5 Å². The van der Waals surface area contributed by atoms with Crippen molar-refractivity contribution in [1.29, 1.82) is 0 Å². The van der Waals surface area contributed by atoms with Crippen LogP contribution in [0.3, 0.4) is 0 Å². The van der Waals surface area contributed by atoms with E-state index in [0.717, 1.165) is 42.6 Å². The lowest BCUT2D eigenvalue weighted by Crippen LogP contribution is -2.37. The van der Waals surface area contributed by atoms with Crippen LogP contribution in [-0.4, -0.2) is 13.7 Å². The van der Waals surface area contributed by atoms with Crippen LogP contribution in [0, 0.1) is 12.7 Å². The Labute approximate surface area is 108 Å². The summed E-state index contributed by atoms with van der Waals surface area (Å²) in [5.41, 5.74) is 7.73. The van der Waals surface area contributed by atoms with E-state index in [-0.39, 0.29) is 11.2 Å². The number of rotatable bonds is 3. The lowest BCUT2D eigenvalue weighted by Gasteiger charge is -2.38. The van der Waals surface area contributed by atoms with Crippen LogP contribution in [0.15, 0.2) is 12.1 Å². The van der Waals surface area contributed by atoms with Gasteiger partial charge in [-0.3, -0.25) is 0 Å². The van der Waals surface area contributed by atoms with Crippen molar-refractivity contribution in [3.63, 3.8) is 0 Å². The molecule has 1 saturated carbocycles. The summed E-state index contributed by atoms with van der Waals surface area (Å²) in [6.07, 6.45) is 5.63. The van der Waals surface area contributed by atoms with Gasteiger partial charge in [0.25, 0.3) is 0 Å². The van der Waals surface area contributed by atoms with E-state index in [2.05, 4.69) is 0 Å². The molecular weight excluding hydrogens is 229 g/mol. The normalized spacial score (nSPS) is 18.7. The minimum atomic E-state index is -0.193. The highest BCUT2D eigenvalue weighted by Crippen LogP contribution is 2.43. The van der Waals surface area contributed by atoms with Gasteiger partial charge in [-0.15, -0.1) is 0 Å². The van der Waals surface area contributed by atoms with Crippen LogP contribution in [0.2, 0.25) is 0 Å². The van der Waals surface area contributed by atoms with Crippen molar-refractivity contribution in [1.82, 2.24) is 0 Å². The molecular formula is C15H22FNO. The van der Waals surface area contributed by atoms with Gasteiger partial charge in [-0.2, -0.15) is 0 Å². The average molecular weight is 251 g/mol. The number of nitrogens with two attached hydrogens (primary N) is 1. The van der Waals surface area contributed by atoms with E-state index in [1.165, 1.54) is 12.5 Å². The van der Waals surface area contributed by atoms with E-state index < -0.39 is 0 Å². The molecule has 1 aliphatic rings. The molecule has 0 atom stereocenters. The lowest BCUT2D eigenvalue weighted by atomic mass is 9.69. The maximum absolute atomic E-state index is 13.7. The lowest BCUT2D eigenvalue weighted by molar-refractivity contribution is 0.286. The van der Waals surface area contributed by atoms with Crippen molar-refractivity contribution >= 4 is 0 Å². The van der Waals surface area contributed by atoms with Crippen molar-refractivity contribution in [2.24, 2.45) is 5.73 Å². The fraction of sp³-hybridized carbons (Fsp3) is 0.600. The summed E-state index contributed by atoms with van der Waals surface area (Å²) < 4.78 is 19.2. The average Bonchev–Trinajstić information content (AvgIpc) is 2.38. The molecule has 0 aliphatic heterocycles. The fourth-order valence-electron chi connectivity index (χ4n) is 3.21. The molecule has 0 unspecified atom stereocenters. The highest BCUT2D eigenvalue weighted by molar-refractivity contribution is 5.46. The fourth-order valence-corrected chi connectivity index (χ4v) is 3.21. The Morgan fingerprint density at radius 1 is 1.28 bits per heavy atom. The molecule has 1 fully saturated rings. The van der Waals surface area contributed by atoms with Gasteiger partial charge in [0.1, 0.15) is 11.6 Å². The van der Waals surface area contributed by atoms with E-state index in [1.807, 2.05) is 6.92 Å². The summed E-state index contributed by atoms with van der Waals surface area (Å²) >= 11 is 0. The molecule has 0 bridgehead atoms. The Balaban J connectivity index is 2.53. The number of ether oxygens (including phenoxy) is 1. The van der Waals surface area contributed by atoms with E-state index in [4.69, 9.17) is 10.5 Å². The zero-order valence-corrected chi connectivity index (χ0v) is 11.3. The first kappa shape index (κ1) is 13.3.